The third-order valence-electron chi connectivity index (χ3n) is 3.44. The second-order valence-corrected chi connectivity index (χ2v) is 5.40. The fourth-order valence-corrected chi connectivity index (χ4v) is 2.64. The van der Waals surface area contributed by atoms with E-state index in [-0.39, 0.29) is 16.7 Å². The van der Waals surface area contributed by atoms with Gasteiger partial charge in [0.05, 0.1) is 17.6 Å². The number of aryl methyl sites for hydroxylation is 1. The topological polar surface area (TPSA) is 58.9 Å². The minimum absolute atomic E-state index is 0.0814. The van der Waals surface area contributed by atoms with E-state index in [2.05, 4.69) is 9.80 Å². The first-order chi connectivity index (χ1) is 9.49. The number of hydrogen-bond acceptors (Lipinski definition) is 5. The number of nitro benzene ring substituents is 1. The molecule has 1 heterocycles. The highest BCUT2D eigenvalue weighted by Crippen LogP contribution is 2.32. The Kier molecular flexibility index (Phi) is 4.57. The van der Waals surface area contributed by atoms with Gasteiger partial charge in [-0.1, -0.05) is 12.1 Å². The van der Waals surface area contributed by atoms with Crippen LogP contribution in [0.25, 0.3) is 0 Å². The number of likely N-dealkylation sites (N-methyl/N-ethyl adjacent to an activating group) is 1. The number of ether oxygens (including phenoxy) is 1. The minimum atomic E-state index is -0.307. The number of rotatable bonds is 4. The summed E-state index contributed by atoms with van der Waals surface area (Å²) in [7, 11) is 4.00. The van der Waals surface area contributed by atoms with Gasteiger partial charge in [0.15, 0.2) is 0 Å². The number of hydrogen-bond donors (Lipinski definition) is 0. The summed E-state index contributed by atoms with van der Waals surface area (Å²) in [4.78, 5) is 15.1. The van der Waals surface area contributed by atoms with Gasteiger partial charge < -0.3 is 14.5 Å². The number of morpholine rings is 1. The largest absolute Gasteiger partial charge is 0.373 e. The van der Waals surface area contributed by atoms with Crippen molar-refractivity contribution >= 4 is 11.4 Å². The number of nitro groups is 1. The van der Waals surface area contributed by atoms with Crippen LogP contribution >= 0.6 is 0 Å². The van der Waals surface area contributed by atoms with E-state index in [4.69, 9.17) is 4.74 Å². The van der Waals surface area contributed by atoms with Gasteiger partial charge in [0.2, 0.25) is 0 Å². The van der Waals surface area contributed by atoms with E-state index in [9.17, 15) is 10.1 Å². The van der Waals surface area contributed by atoms with Gasteiger partial charge >= 0.3 is 0 Å². The van der Waals surface area contributed by atoms with Crippen LogP contribution in [-0.2, 0) is 4.74 Å². The van der Waals surface area contributed by atoms with E-state index in [0.29, 0.717) is 19.7 Å². The van der Waals surface area contributed by atoms with Crippen molar-refractivity contribution < 1.29 is 9.66 Å². The van der Waals surface area contributed by atoms with Crippen LogP contribution in [0.15, 0.2) is 18.2 Å². The van der Waals surface area contributed by atoms with E-state index < -0.39 is 0 Å². The van der Waals surface area contributed by atoms with E-state index in [1.54, 1.807) is 12.1 Å². The molecule has 0 N–H and O–H groups in total. The fourth-order valence-electron chi connectivity index (χ4n) is 2.64. The van der Waals surface area contributed by atoms with Crippen molar-refractivity contribution in [1.29, 1.82) is 0 Å². The van der Waals surface area contributed by atoms with Gasteiger partial charge in [-0.05, 0) is 26.6 Å². The number of nitrogens with zero attached hydrogens (tertiary/aromatic N) is 3. The van der Waals surface area contributed by atoms with Crippen molar-refractivity contribution in [2.75, 3.05) is 45.2 Å². The van der Waals surface area contributed by atoms with Crippen molar-refractivity contribution in [3.8, 4) is 0 Å². The Hall–Kier alpha value is -1.66. The van der Waals surface area contributed by atoms with Gasteiger partial charge in [-0.2, -0.15) is 0 Å². The number of benzene rings is 1. The van der Waals surface area contributed by atoms with Gasteiger partial charge in [0.25, 0.3) is 5.69 Å². The van der Waals surface area contributed by atoms with Crippen LogP contribution in [0, 0.1) is 17.0 Å². The molecule has 1 fully saturated rings. The first-order valence-corrected chi connectivity index (χ1v) is 6.74. The Morgan fingerprint density at radius 1 is 1.50 bits per heavy atom. The van der Waals surface area contributed by atoms with Crippen LogP contribution in [0.3, 0.4) is 0 Å². The Morgan fingerprint density at radius 2 is 2.25 bits per heavy atom. The van der Waals surface area contributed by atoms with E-state index in [1.165, 1.54) is 0 Å². The molecule has 1 aromatic rings. The van der Waals surface area contributed by atoms with E-state index in [1.807, 2.05) is 27.1 Å². The Balaban J connectivity index is 2.24. The summed E-state index contributed by atoms with van der Waals surface area (Å²) in [6, 6.07) is 5.21. The molecule has 1 unspecified atom stereocenters. The normalized spacial score (nSPS) is 19.4. The Labute approximate surface area is 119 Å². The molecule has 110 valence electrons. The van der Waals surface area contributed by atoms with Crippen LogP contribution in [-0.4, -0.2) is 56.3 Å². The van der Waals surface area contributed by atoms with Gasteiger partial charge in [0.1, 0.15) is 5.69 Å². The van der Waals surface area contributed by atoms with Crippen molar-refractivity contribution in [2.24, 2.45) is 0 Å². The number of para-hydroxylation sites is 1. The monoisotopic (exact) mass is 279 g/mol. The molecule has 0 aliphatic carbocycles. The summed E-state index contributed by atoms with van der Waals surface area (Å²) in [6.07, 6.45) is 0.0814. The highest BCUT2D eigenvalue weighted by molar-refractivity contribution is 5.67. The zero-order chi connectivity index (χ0) is 14.7. The smallest absolute Gasteiger partial charge is 0.292 e. The quantitative estimate of drug-likeness (QED) is 0.620. The van der Waals surface area contributed by atoms with Gasteiger partial charge in [-0.15, -0.1) is 0 Å². The van der Waals surface area contributed by atoms with E-state index in [0.717, 1.165) is 17.8 Å². The molecule has 1 aliphatic heterocycles. The second-order valence-electron chi connectivity index (χ2n) is 5.40. The molecule has 6 heteroatoms. The SMILES string of the molecule is Cc1cccc([N+](=O)[O-])c1N1CCOC(CN(C)C)C1. The van der Waals surface area contributed by atoms with Gasteiger partial charge in [-0.25, -0.2) is 0 Å². The molecule has 6 nitrogen and oxygen atoms in total. The van der Waals surface area contributed by atoms with Crippen molar-refractivity contribution in [2.45, 2.75) is 13.0 Å². The molecule has 1 aliphatic rings. The molecule has 0 radical (unpaired) electrons. The maximum Gasteiger partial charge on any atom is 0.292 e. The molecule has 0 saturated carbocycles. The predicted octanol–water partition coefficient (Wildman–Crippen LogP) is 1.67. The highest BCUT2D eigenvalue weighted by Gasteiger charge is 2.27. The summed E-state index contributed by atoms with van der Waals surface area (Å²) in [6.45, 7) is 4.71. The molecule has 2 rings (SSSR count). The zero-order valence-electron chi connectivity index (χ0n) is 12.2. The summed E-state index contributed by atoms with van der Waals surface area (Å²) < 4.78 is 5.73. The molecule has 0 spiro atoms. The molecule has 0 bridgehead atoms. The van der Waals surface area contributed by atoms with Crippen molar-refractivity contribution in [1.82, 2.24) is 4.90 Å². The van der Waals surface area contributed by atoms with Crippen LogP contribution in [0.5, 0.6) is 0 Å². The van der Waals surface area contributed by atoms with Crippen LogP contribution in [0.1, 0.15) is 5.56 Å². The first kappa shape index (κ1) is 14.7. The lowest BCUT2D eigenvalue weighted by Crippen LogP contribution is -2.46. The third-order valence-corrected chi connectivity index (χ3v) is 3.44. The minimum Gasteiger partial charge on any atom is -0.373 e. The summed E-state index contributed by atoms with van der Waals surface area (Å²) >= 11 is 0. The van der Waals surface area contributed by atoms with Gasteiger partial charge in [0, 0.05) is 25.7 Å². The van der Waals surface area contributed by atoms with Crippen LogP contribution in [0.2, 0.25) is 0 Å². The van der Waals surface area contributed by atoms with Gasteiger partial charge in [-0.3, -0.25) is 10.1 Å². The lowest BCUT2D eigenvalue weighted by atomic mass is 10.1. The number of anilines is 1. The second kappa shape index (κ2) is 6.19. The predicted molar refractivity (Wildman–Crippen MR) is 78.3 cm³/mol. The lowest BCUT2D eigenvalue weighted by Gasteiger charge is -2.36. The molecular weight excluding hydrogens is 258 g/mol. The van der Waals surface area contributed by atoms with E-state index >= 15 is 0 Å². The summed E-state index contributed by atoms with van der Waals surface area (Å²) in [5.41, 5.74) is 1.84. The molecule has 0 amide bonds. The Morgan fingerprint density at radius 3 is 2.90 bits per heavy atom. The Bertz CT molecular complexity index is 491. The molecule has 1 saturated heterocycles. The third kappa shape index (κ3) is 3.26. The van der Waals surface area contributed by atoms with Crippen molar-refractivity contribution in [3.05, 3.63) is 33.9 Å². The molecule has 0 aromatic heterocycles. The average molecular weight is 279 g/mol. The maximum atomic E-state index is 11.2. The maximum absolute atomic E-state index is 11.2. The van der Waals surface area contributed by atoms with Crippen LogP contribution < -0.4 is 4.90 Å². The standard InChI is InChI=1S/C14H21N3O3/c1-11-5-4-6-13(17(18)19)14(11)16-7-8-20-12(10-16)9-15(2)3/h4-6,12H,7-10H2,1-3H3. The first-order valence-electron chi connectivity index (χ1n) is 6.74. The fraction of sp³-hybridized carbons (Fsp3) is 0.571. The summed E-state index contributed by atoms with van der Waals surface area (Å²) in [5.74, 6) is 0. The molecule has 20 heavy (non-hydrogen) atoms. The van der Waals surface area contributed by atoms with Crippen molar-refractivity contribution in [3.63, 3.8) is 0 Å². The molecule has 1 aromatic carbocycles. The highest BCUT2D eigenvalue weighted by atomic mass is 16.6. The lowest BCUT2D eigenvalue weighted by molar-refractivity contribution is -0.384. The zero-order valence-corrected chi connectivity index (χ0v) is 12.2. The summed E-state index contributed by atoms with van der Waals surface area (Å²) in [5, 5.41) is 11.2. The molecule has 1 atom stereocenters. The van der Waals surface area contributed by atoms with Crippen LogP contribution in [0.4, 0.5) is 11.4 Å². The molecular formula is C14H21N3O3. The average Bonchev–Trinajstić information content (AvgIpc) is 2.37.